The van der Waals surface area contributed by atoms with E-state index < -0.39 is 47.5 Å². The second-order valence-electron chi connectivity index (χ2n) is 5.05. The largest absolute Gasteiger partial charge is 0.343 e. The summed E-state index contributed by atoms with van der Waals surface area (Å²) in [6.07, 6.45) is -0.682. The predicted molar refractivity (Wildman–Crippen MR) is 95.7 cm³/mol. The smallest absolute Gasteiger partial charge is 0.278 e. The normalized spacial score (nSPS) is 23.4. The number of carbonyl (C=O) groups is 6. The fraction of sp³-hybridized carbons (Fsp3) is 0.500. The summed E-state index contributed by atoms with van der Waals surface area (Å²) >= 11 is 3.58. The Balaban J connectivity index is 2.03. The summed E-state index contributed by atoms with van der Waals surface area (Å²) < 4.78 is 0.190. The molecule has 2 saturated heterocycles. The van der Waals surface area contributed by atoms with E-state index in [1.54, 1.807) is 45.2 Å². The molecule has 2 aliphatic heterocycles. The minimum atomic E-state index is -1.11. The first-order valence-electron chi connectivity index (χ1n) is 6.90. The van der Waals surface area contributed by atoms with Crippen LogP contribution in [0.4, 0.5) is 0 Å². The first kappa shape index (κ1) is 20.0. The van der Waals surface area contributed by atoms with Gasteiger partial charge in [-0.25, -0.2) is 0 Å². The summed E-state index contributed by atoms with van der Waals surface area (Å²) in [6, 6.07) is -2.23. The van der Waals surface area contributed by atoms with Crippen LogP contribution in [0.3, 0.4) is 0 Å². The number of halogens is 2. The van der Waals surface area contributed by atoms with Crippen molar-refractivity contribution in [3.63, 3.8) is 0 Å². The van der Waals surface area contributed by atoms with Crippen molar-refractivity contribution >= 4 is 80.6 Å². The summed E-state index contributed by atoms with van der Waals surface area (Å²) in [5.74, 6) is -4.26. The van der Waals surface area contributed by atoms with Crippen LogP contribution >= 0.6 is 45.2 Å². The Kier molecular flexibility index (Phi) is 6.66. The average Bonchev–Trinajstić information content (AvgIpc) is 2.98. The lowest BCUT2D eigenvalue weighted by Crippen LogP contribution is -2.47. The van der Waals surface area contributed by atoms with E-state index in [1.165, 1.54) is 0 Å². The van der Waals surface area contributed by atoms with Crippen molar-refractivity contribution in [3.05, 3.63) is 0 Å². The van der Waals surface area contributed by atoms with Crippen molar-refractivity contribution in [3.8, 4) is 0 Å². The molecule has 2 heterocycles. The standard InChI is InChI=1S/C12H12I2N4O7/c13-3-7(19)15-5-1-9(21)17(11(5)23)25-18-10(22)2-6(12(18)24)16-8(20)4-14/h5-6H,1-4H2,(H,15,19)(H,16,20). The molecule has 6 amide bonds. The lowest BCUT2D eigenvalue weighted by Gasteiger charge is -2.19. The Labute approximate surface area is 168 Å². The molecule has 0 aromatic rings. The zero-order valence-corrected chi connectivity index (χ0v) is 16.8. The summed E-state index contributed by atoms with van der Waals surface area (Å²) in [5, 5.41) is 5.24. The molecule has 2 aliphatic rings. The quantitative estimate of drug-likeness (QED) is 0.215. The van der Waals surface area contributed by atoms with E-state index in [1.807, 2.05) is 0 Å². The van der Waals surface area contributed by atoms with Crippen LogP contribution in [0.2, 0.25) is 0 Å². The fourth-order valence-corrected chi connectivity index (χ4v) is 2.60. The molecule has 0 aliphatic carbocycles. The molecule has 2 rings (SSSR count). The van der Waals surface area contributed by atoms with Gasteiger partial charge in [-0.1, -0.05) is 45.2 Å². The fourth-order valence-electron chi connectivity index (χ4n) is 2.16. The molecule has 2 fully saturated rings. The molecular formula is C12H12I2N4O7. The van der Waals surface area contributed by atoms with Gasteiger partial charge in [0.2, 0.25) is 11.8 Å². The van der Waals surface area contributed by atoms with E-state index in [4.69, 9.17) is 4.94 Å². The van der Waals surface area contributed by atoms with Crippen molar-refractivity contribution < 1.29 is 33.7 Å². The van der Waals surface area contributed by atoms with Gasteiger partial charge in [0.05, 0.1) is 21.7 Å². The number of hydroxylamine groups is 4. The van der Waals surface area contributed by atoms with Gasteiger partial charge in [0.15, 0.2) is 0 Å². The maximum atomic E-state index is 12.1. The number of nitrogens with zero attached hydrogens (tertiary/aromatic N) is 2. The van der Waals surface area contributed by atoms with Crippen molar-refractivity contribution in [1.29, 1.82) is 0 Å². The van der Waals surface area contributed by atoms with E-state index in [0.29, 0.717) is 0 Å². The lowest BCUT2D eigenvalue weighted by atomic mass is 10.2. The van der Waals surface area contributed by atoms with E-state index in [-0.39, 0.29) is 31.8 Å². The molecule has 136 valence electrons. The van der Waals surface area contributed by atoms with Crippen LogP contribution in [0.5, 0.6) is 0 Å². The highest BCUT2D eigenvalue weighted by Gasteiger charge is 2.47. The number of rotatable bonds is 6. The van der Waals surface area contributed by atoms with E-state index in [0.717, 1.165) is 0 Å². The minimum Gasteiger partial charge on any atom is -0.343 e. The molecule has 0 aromatic carbocycles. The zero-order chi connectivity index (χ0) is 18.7. The van der Waals surface area contributed by atoms with Crippen LogP contribution in [0.15, 0.2) is 0 Å². The number of imide groups is 2. The van der Waals surface area contributed by atoms with Crippen LogP contribution in [-0.2, 0) is 33.7 Å². The Morgan fingerprint density at radius 3 is 1.56 bits per heavy atom. The SMILES string of the molecule is O=C(CI)NC1CC(=O)N(ON2C(=O)CC(NC(=O)CI)C2=O)C1=O. The highest BCUT2D eigenvalue weighted by Crippen LogP contribution is 2.20. The van der Waals surface area contributed by atoms with E-state index in [2.05, 4.69) is 10.6 Å². The molecule has 0 bridgehead atoms. The summed E-state index contributed by atoms with van der Waals surface area (Å²) in [7, 11) is 0. The van der Waals surface area contributed by atoms with Crippen LogP contribution < -0.4 is 10.6 Å². The van der Waals surface area contributed by atoms with Gasteiger partial charge in [0, 0.05) is 0 Å². The second kappa shape index (κ2) is 8.35. The summed E-state index contributed by atoms with van der Waals surface area (Å²) in [6.45, 7) is 0. The molecule has 0 aromatic heterocycles. The Morgan fingerprint density at radius 1 is 0.880 bits per heavy atom. The number of amides is 6. The van der Waals surface area contributed by atoms with Gasteiger partial charge >= 0.3 is 0 Å². The van der Waals surface area contributed by atoms with Crippen molar-refractivity contribution in [2.24, 2.45) is 0 Å². The molecule has 0 spiro atoms. The molecule has 11 nitrogen and oxygen atoms in total. The van der Waals surface area contributed by atoms with Crippen LogP contribution in [0, 0.1) is 0 Å². The number of hydrogen-bond acceptors (Lipinski definition) is 7. The maximum Gasteiger partial charge on any atom is 0.278 e. The third-order valence-corrected chi connectivity index (χ3v) is 4.67. The molecule has 0 radical (unpaired) electrons. The van der Waals surface area contributed by atoms with Gasteiger partial charge in [-0.15, -0.1) is 15.1 Å². The molecule has 2 N–H and O–H groups in total. The Morgan fingerprint density at radius 2 is 1.24 bits per heavy atom. The lowest BCUT2D eigenvalue weighted by molar-refractivity contribution is -0.269. The predicted octanol–water partition coefficient (Wildman–Crippen LogP) is -1.81. The zero-order valence-electron chi connectivity index (χ0n) is 12.5. The van der Waals surface area contributed by atoms with Crippen LogP contribution in [0.25, 0.3) is 0 Å². The molecule has 0 saturated carbocycles. The van der Waals surface area contributed by atoms with Crippen LogP contribution in [0.1, 0.15) is 12.8 Å². The summed E-state index contributed by atoms with van der Waals surface area (Å²) in [5.41, 5.74) is 0. The second-order valence-corrected chi connectivity index (χ2v) is 6.58. The third-order valence-electron chi connectivity index (χ3n) is 3.28. The van der Waals surface area contributed by atoms with Gasteiger partial charge in [-0.05, 0) is 0 Å². The van der Waals surface area contributed by atoms with Crippen molar-refractivity contribution in [2.45, 2.75) is 24.9 Å². The molecule has 25 heavy (non-hydrogen) atoms. The number of hydrogen-bond donors (Lipinski definition) is 2. The topological polar surface area (TPSA) is 142 Å². The maximum absolute atomic E-state index is 12.1. The van der Waals surface area contributed by atoms with E-state index >= 15 is 0 Å². The Bertz CT molecular complexity index is 601. The summed E-state index contributed by atoms with van der Waals surface area (Å²) in [4.78, 5) is 75.6. The van der Waals surface area contributed by atoms with Crippen molar-refractivity contribution in [2.75, 3.05) is 8.86 Å². The monoisotopic (exact) mass is 578 g/mol. The van der Waals surface area contributed by atoms with E-state index in [9.17, 15) is 28.8 Å². The average molecular weight is 578 g/mol. The van der Waals surface area contributed by atoms with Crippen molar-refractivity contribution in [1.82, 2.24) is 20.8 Å². The molecule has 2 atom stereocenters. The molecule has 2 unspecified atom stereocenters. The Hall–Kier alpha value is -1.36. The molecule has 13 heteroatoms. The van der Waals surface area contributed by atoms with Gasteiger partial charge in [0.25, 0.3) is 23.6 Å². The number of nitrogens with one attached hydrogen (secondary N) is 2. The highest BCUT2D eigenvalue weighted by atomic mass is 127. The highest BCUT2D eigenvalue weighted by molar-refractivity contribution is 14.1. The van der Waals surface area contributed by atoms with Crippen LogP contribution in [-0.4, -0.2) is 66.5 Å². The molecular weight excluding hydrogens is 566 g/mol. The first-order valence-corrected chi connectivity index (χ1v) is 9.96. The third kappa shape index (κ3) is 4.43. The first-order chi connectivity index (χ1) is 11.8. The number of carbonyl (C=O) groups excluding carboxylic acids is 6. The van der Waals surface area contributed by atoms with Gasteiger partial charge in [-0.2, -0.15) is 0 Å². The minimum absolute atomic E-state index is 0.0951. The van der Waals surface area contributed by atoms with Gasteiger partial charge < -0.3 is 10.6 Å². The number of alkyl halides is 2. The van der Waals surface area contributed by atoms with Gasteiger partial charge in [-0.3, -0.25) is 28.8 Å². The van der Waals surface area contributed by atoms with Gasteiger partial charge in [0.1, 0.15) is 12.1 Å².